The standard InChI is InChI=1S/Ba.Ca.4H2O.Pb.Sr.Ti.8H/h;;4*1H2;;;;;;;;;;;/q2*+2;;;;;;+2;;;;6*-1. The van der Waals surface area contributed by atoms with E-state index in [9.17, 15) is 0 Å². The maximum Gasteiger partial charge on any atom is 2.00 e. The van der Waals surface area contributed by atoms with E-state index in [4.69, 9.17) is 0 Å². The van der Waals surface area contributed by atoms with Crippen molar-refractivity contribution in [2.45, 2.75) is 0 Å². The van der Waals surface area contributed by atoms with Crippen LogP contribution in [0.3, 0.4) is 0 Å². The van der Waals surface area contributed by atoms with E-state index in [2.05, 4.69) is 0 Å². The van der Waals surface area contributed by atoms with Crippen LogP contribution in [0.4, 0.5) is 0 Å². The summed E-state index contributed by atoms with van der Waals surface area (Å²) >= 11 is 0. The predicted octanol–water partition coefficient (Wildman–Crippen LogP) is -4.68. The molecule has 4 nitrogen and oxygen atoms in total. The molecule has 0 aromatic carbocycles. The summed E-state index contributed by atoms with van der Waals surface area (Å²) in [5.74, 6) is 0. The Hall–Kier alpha value is 5.79. The summed E-state index contributed by atoms with van der Waals surface area (Å²) < 4.78 is 0. The van der Waals surface area contributed by atoms with Crippen LogP contribution in [0.25, 0.3) is 0 Å². The molecule has 0 amide bonds. The van der Waals surface area contributed by atoms with E-state index in [1.54, 1.807) is 0 Å². The van der Waals surface area contributed by atoms with Crippen LogP contribution in [0.5, 0.6) is 0 Å². The molecule has 0 heterocycles. The van der Waals surface area contributed by atoms with Crippen LogP contribution in [0.1, 0.15) is 8.56 Å². The first-order chi connectivity index (χ1) is 0. The van der Waals surface area contributed by atoms with Crippen molar-refractivity contribution in [3.8, 4) is 0 Å². The minimum atomic E-state index is 0. The molecule has 0 bridgehead atoms. The van der Waals surface area contributed by atoms with Crippen molar-refractivity contribution in [2.75, 3.05) is 0 Å². The smallest absolute Gasteiger partial charge is 0 e. The van der Waals surface area contributed by atoms with E-state index in [1.807, 2.05) is 0 Å². The molecule has 0 saturated heterocycles. The fraction of sp³-hybridized carbons (Fsp3) is 0. The molecule has 0 atom stereocenters. The van der Waals surface area contributed by atoms with Gasteiger partial charge in [-0.05, 0) is 0 Å². The topological polar surface area (TPSA) is 126 Å². The Labute approximate surface area is 206 Å². The maximum atomic E-state index is 0. The summed E-state index contributed by atoms with van der Waals surface area (Å²) in [6, 6.07) is 0. The average molecular weight is 600 g/mol. The fourth-order valence-corrected chi connectivity index (χ4v) is 0. The fourth-order valence-electron chi connectivity index (χ4n) is 0. The third-order valence-electron chi connectivity index (χ3n) is 0. The van der Waals surface area contributed by atoms with Gasteiger partial charge in [0, 0.05) is 21.7 Å². The molecular formula is H16BaCaO4PbSrTi. The van der Waals surface area contributed by atoms with Crippen LogP contribution in [-0.2, 0) is 21.7 Å². The van der Waals surface area contributed by atoms with Crippen LogP contribution in [0.15, 0.2) is 0 Å². The second-order valence-electron chi connectivity index (χ2n) is 0. The van der Waals surface area contributed by atoms with Gasteiger partial charge in [0.15, 0.2) is 0 Å². The summed E-state index contributed by atoms with van der Waals surface area (Å²) in [6.45, 7) is 0. The summed E-state index contributed by atoms with van der Waals surface area (Å²) in [5, 5.41) is 0. The first kappa shape index (κ1) is 83.9. The molecule has 9 heavy (non-hydrogen) atoms. The Kier molecular flexibility index (Phi) is 628. The van der Waals surface area contributed by atoms with Gasteiger partial charge in [0.1, 0.15) is 0 Å². The minimum Gasteiger partial charge on any atom is 0 e. The molecule has 54 valence electrons. The predicted molar refractivity (Wildman–Crippen MR) is 46.9 cm³/mol. The summed E-state index contributed by atoms with van der Waals surface area (Å²) in [4.78, 5) is 0. The molecule has 2 radical (unpaired) electrons. The van der Waals surface area contributed by atoms with E-state index < -0.39 is 0 Å². The van der Waals surface area contributed by atoms with Gasteiger partial charge in [-0.2, -0.15) is 0 Å². The molecule has 0 aliphatic rings. The first-order valence-electron chi connectivity index (χ1n) is 0. The molecule has 0 aromatic rings. The summed E-state index contributed by atoms with van der Waals surface area (Å²) in [5.41, 5.74) is 0. The van der Waals surface area contributed by atoms with Gasteiger partial charge in [0.25, 0.3) is 0 Å². The second kappa shape index (κ2) is 67.3. The second-order valence-corrected chi connectivity index (χ2v) is 0. The third kappa shape index (κ3) is 57.2. The van der Waals surface area contributed by atoms with E-state index >= 15 is 0 Å². The zero-order valence-corrected chi connectivity index (χ0v) is 22.5. The van der Waals surface area contributed by atoms with E-state index in [0.29, 0.717) is 0 Å². The van der Waals surface area contributed by atoms with Gasteiger partial charge in [0.2, 0.25) is 0 Å². The third-order valence-corrected chi connectivity index (χ3v) is 0. The first-order valence-corrected chi connectivity index (χ1v) is 0. The largest absolute Gasteiger partial charge is 2.00 e. The summed E-state index contributed by atoms with van der Waals surface area (Å²) in [7, 11) is 0. The van der Waals surface area contributed by atoms with Gasteiger partial charge in [-0.25, -0.2) is 0 Å². The van der Waals surface area contributed by atoms with Gasteiger partial charge in [-0.15, -0.1) is 0 Å². The van der Waals surface area contributed by atoms with Crippen molar-refractivity contribution in [1.29, 1.82) is 0 Å². The van der Waals surface area contributed by atoms with E-state index in [0.717, 1.165) is 0 Å². The molecule has 0 saturated carbocycles. The van der Waals surface area contributed by atoms with Crippen LogP contribution in [0, 0.1) is 0 Å². The Morgan fingerprint density at radius 1 is 0.778 bits per heavy atom. The quantitative estimate of drug-likeness (QED) is 0.248. The van der Waals surface area contributed by atoms with Crippen molar-refractivity contribution >= 4 is 159 Å². The monoisotopic (exact) mass is 602 g/mol. The minimum absolute atomic E-state index is 0. The van der Waals surface area contributed by atoms with Crippen LogP contribution >= 0.6 is 0 Å². The summed E-state index contributed by atoms with van der Waals surface area (Å²) in [6.07, 6.45) is 0. The maximum absolute atomic E-state index is 0. The zero-order valence-electron chi connectivity index (χ0n) is 11.3. The Morgan fingerprint density at radius 2 is 0.778 bits per heavy atom. The molecule has 0 rings (SSSR count). The molecule has 0 unspecified atom stereocenters. The van der Waals surface area contributed by atoms with Gasteiger partial charge in [-0.3, -0.25) is 0 Å². The van der Waals surface area contributed by atoms with E-state index in [-0.39, 0.29) is 212 Å². The molecule has 0 aromatic heterocycles. The van der Waals surface area contributed by atoms with Crippen molar-refractivity contribution in [2.24, 2.45) is 0 Å². The molecular weight excluding hydrogens is 584 g/mol. The van der Waals surface area contributed by atoms with Crippen molar-refractivity contribution in [3.05, 3.63) is 0 Å². The van der Waals surface area contributed by atoms with Gasteiger partial charge in [-0.1, -0.05) is 0 Å². The number of rotatable bonds is 0. The van der Waals surface area contributed by atoms with E-state index in [1.165, 1.54) is 0 Å². The molecule has 8 N–H and O–H groups in total. The normalized spacial score (nSPS) is 0. The van der Waals surface area contributed by atoms with Crippen molar-refractivity contribution < 1.29 is 52.2 Å². The molecule has 0 spiro atoms. The molecule has 0 aliphatic carbocycles. The Bertz CT molecular complexity index is 35.1. The van der Waals surface area contributed by atoms with Crippen molar-refractivity contribution in [1.82, 2.24) is 0 Å². The van der Waals surface area contributed by atoms with Crippen LogP contribution in [-0.4, -0.2) is 181 Å². The zero-order chi connectivity index (χ0) is 0. The number of hydrogen-bond donors (Lipinski definition) is 0. The van der Waals surface area contributed by atoms with Crippen LogP contribution in [0.2, 0.25) is 0 Å². The SMILES string of the molecule is O.O.O.O.[Ba+2].[Ca+2].[H-].[H-].[H-].[H-].[H-].[H-].[PbH2].[Sr+2].[Ti]. The number of hydrogen-bond acceptors (Lipinski definition) is 0. The van der Waals surface area contributed by atoms with Gasteiger partial charge < -0.3 is 30.5 Å². The Morgan fingerprint density at radius 3 is 0.778 bits per heavy atom. The van der Waals surface area contributed by atoms with Crippen LogP contribution < -0.4 is 0 Å². The molecule has 9 heteroatoms. The van der Waals surface area contributed by atoms with Gasteiger partial charge >= 0.3 is 159 Å². The van der Waals surface area contributed by atoms with Crippen molar-refractivity contribution in [3.63, 3.8) is 0 Å². The molecule has 0 aliphatic heterocycles. The Balaban J connectivity index is 0. The molecule has 0 fully saturated rings. The van der Waals surface area contributed by atoms with Gasteiger partial charge in [0.05, 0.1) is 0 Å². The average Bonchev–Trinajstić information content (AvgIpc) is 0.